The smallest absolute Gasteiger partial charge is 0.329 e. The molecule has 3 N–H and O–H groups in total. The van der Waals surface area contributed by atoms with Crippen molar-refractivity contribution in [1.29, 1.82) is 0 Å². The van der Waals surface area contributed by atoms with E-state index >= 15 is 0 Å². The number of hydrazone groups is 1. The number of benzene rings is 2. The molecule has 3 amide bonds. The number of amides is 3. The van der Waals surface area contributed by atoms with Crippen molar-refractivity contribution in [2.45, 2.75) is 20.4 Å². The molecule has 1 heterocycles. The summed E-state index contributed by atoms with van der Waals surface area (Å²) in [6, 6.07) is 15.6. The van der Waals surface area contributed by atoms with Crippen LogP contribution in [-0.2, 0) is 20.9 Å². The van der Waals surface area contributed by atoms with Gasteiger partial charge >= 0.3 is 11.8 Å². The van der Waals surface area contributed by atoms with Crippen LogP contribution in [0.2, 0.25) is 0 Å². The molecule has 0 aliphatic rings. The molecule has 0 saturated heterocycles. The number of furan rings is 1. The van der Waals surface area contributed by atoms with Crippen molar-refractivity contribution in [2.75, 3.05) is 11.9 Å². The summed E-state index contributed by atoms with van der Waals surface area (Å²) in [5, 5.41) is 9.00. The van der Waals surface area contributed by atoms with Gasteiger partial charge in [0.25, 0.3) is 5.91 Å². The Morgan fingerprint density at radius 2 is 1.79 bits per heavy atom. The zero-order chi connectivity index (χ0) is 23.6. The summed E-state index contributed by atoms with van der Waals surface area (Å²) >= 11 is 0. The van der Waals surface area contributed by atoms with Crippen LogP contribution in [0, 0.1) is 13.8 Å². The van der Waals surface area contributed by atoms with Gasteiger partial charge in [0.2, 0.25) is 0 Å². The van der Waals surface area contributed by atoms with Crippen molar-refractivity contribution in [3.8, 4) is 5.75 Å². The lowest BCUT2D eigenvalue weighted by molar-refractivity contribution is -0.136. The van der Waals surface area contributed by atoms with Crippen LogP contribution in [0.5, 0.6) is 5.75 Å². The zero-order valence-corrected chi connectivity index (χ0v) is 18.3. The Balaban J connectivity index is 1.40. The van der Waals surface area contributed by atoms with E-state index in [0.717, 1.165) is 11.1 Å². The molecule has 33 heavy (non-hydrogen) atoms. The van der Waals surface area contributed by atoms with Crippen molar-refractivity contribution >= 4 is 29.6 Å². The minimum atomic E-state index is -0.884. The first kappa shape index (κ1) is 23.3. The minimum Gasteiger partial charge on any atom is -0.484 e. The van der Waals surface area contributed by atoms with Gasteiger partial charge in [-0.05, 0) is 79.1 Å². The first-order valence-electron chi connectivity index (χ1n) is 10.1. The normalized spacial score (nSPS) is 10.6. The van der Waals surface area contributed by atoms with E-state index in [4.69, 9.17) is 9.15 Å². The molecular formula is C24H24N4O5. The Morgan fingerprint density at radius 1 is 1.00 bits per heavy atom. The summed E-state index contributed by atoms with van der Waals surface area (Å²) in [6.45, 7) is 4.03. The SMILES string of the molecule is Cc1ccc(NC(=O)C(=O)N/N=C\c2ccc(OCC(=O)NCc3ccco3)cc2)cc1C. The molecule has 0 unspecified atom stereocenters. The van der Waals surface area contributed by atoms with Crippen molar-refractivity contribution in [3.63, 3.8) is 0 Å². The Bertz CT molecular complexity index is 1140. The molecule has 0 fully saturated rings. The maximum absolute atomic E-state index is 12.0. The number of carbonyl (C=O) groups is 3. The molecule has 170 valence electrons. The number of rotatable bonds is 8. The molecule has 9 heteroatoms. The lowest BCUT2D eigenvalue weighted by Crippen LogP contribution is -2.32. The van der Waals surface area contributed by atoms with Crippen LogP contribution in [0.3, 0.4) is 0 Å². The number of ether oxygens (including phenoxy) is 1. The molecular weight excluding hydrogens is 424 g/mol. The average molecular weight is 448 g/mol. The second kappa shape index (κ2) is 11.3. The molecule has 0 aliphatic heterocycles. The first-order chi connectivity index (χ1) is 15.9. The lowest BCUT2D eigenvalue weighted by atomic mass is 10.1. The van der Waals surface area contributed by atoms with Crippen LogP contribution in [-0.4, -0.2) is 30.5 Å². The van der Waals surface area contributed by atoms with Crippen molar-refractivity contribution in [3.05, 3.63) is 83.3 Å². The molecule has 0 atom stereocenters. The highest BCUT2D eigenvalue weighted by molar-refractivity contribution is 6.39. The summed E-state index contributed by atoms with van der Waals surface area (Å²) in [5.74, 6) is -0.827. The number of nitrogens with zero attached hydrogens (tertiary/aromatic N) is 1. The summed E-state index contributed by atoms with van der Waals surface area (Å²) in [4.78, 5) is 35.7. The molecule has 0 radical (unpaired) electrons. The minimum absolute atomic E-state index is 0.139. The fourth-order valence-corrected chi connectivity index (χ4v) is 2.67. The fraction of sp³-hybridized carbons (Fsp3) is 0.167. The Morgan fingerprint density at radius 3 is 2.48 bits per heavy atom. The van der Waals surface area contributed by atoms with Crippen molar-refractivity contribution in [1.82, 2.24) is 10.7 Å². The van der Waals surface area contributed by atoms with Gasteiger partial charge in [-0.3, -0.25) is 14.4 Å². The number of anilines is 1. The molecule has 0 spiro atoms. The summed E-state index contributed by atoms with van der Waals surface area (Å²) in [7, 11) is 0. The van der Waals surface area contributed by atoms with E-state index in [-0.39, 0.29) is 12.5 Å². The zero-order valence-electron chi connectivity index (χ0n) is 18.3. The predicted octanol–water partition coefficient (Wildman–Crippen LogP) is 2.68. The van der Waals surface area contributed by atoms with Crippen molar-refractivity contribution < 1.29 is 23.5 Å². The molecule has 2 aromatic carbocycles. The number of hydrogen-bond acceptors (Lipinski definition) is 6. The maximum atomic E-state index is 12.0. The van der Waals surface area contributed by atoms with E-state index in [1.807, 2.05) is 19.9 Å². The molecule has 9 nitrogen and oxygen atoms in total. The lowest BCUT2D eigenvalue weighted by Gasteiger charge is -2.07. The third-order valence-electron chi connectivity index (χ3n) is 4.64. The van der Waals surface area contributed by atoms with Gasteiger partial charge < -0.3 is 19.8 Å². The number of aryl methyl sites for hydroxylation is 2. The maximum Gasteiger partial charge on any atom is 0.329 e. The molecule has 0 saturated carbocycles. The highest BCUT2D eigenvalue weighted by atomic mass is 16.5. The average Bonchev–Trinajstić information content (AvgIpc) is 3.33. The van der Waals surface area contributed by atoms with Gasteiger partial charge in [0.1, 0.15) is 11.5 Å². The predicted molar refractivity (Wildman–Crippen MR) is 123 cm³/mol. The van der Waals surface area contributed by atoms with E-state index in [0.29, 0.717) is 29.3 Å². The van der Waals surface area contributed by atoms with E-state index in [1.165, 1.54) is 12.5 Å². The van der Waals surface area contributed by atoms with Crippen molar-refractivity contribution in [2.24, 2.45) is 5.10 Å². The second-order valence-electron chi connectivity index (χ2n) is 7.17. The quantitative estimate of drug-likeness (QED) is 0.278. The largest absolute Gasteiger partial charge is 0.484 e. The molecule has 0 aliphatic carbocycles. The Kier molecular flexibility index (Phi) is 7.96. The van der Waals surface area contributed by atoms with Gasteiger partial charge in [-0.2, -0.15) is 5.10 Å². The third kappa shape index (κ3) is 7.35. The van der Waals surface area contributed by atoms with Gasteiger partial charge in [-0.15, -0.1) is 0 Å². The standard InChI is InChI=1S/C24H24N4O5/c1-16-5-8-19(12-17(16)2)27-23(30)24(31)28-26-13-18-6-9-20(10-7-18)33-15-22(29)25-14-21-4-3-11-32-21/h3-13H,14-15H2,1-2H3,(H,25,29)(H,27,30)(H,28,31)/b26-13-. The molecule has 0 bridgehead atoms. The van der Waals surface area contributed by atoms with Gasteiger partial charge in [0.05, 0.1) is 19.0 Å². The van der Waals surface area contributed by atoms with Crippen LogP contribution < -0.4 is 20.8 Å². The highest BCUT2D eigenvalue weighted by Crippen LogP contribution is 2.14. The fourth-order valence-electron chi connectivity index (χ4n) is 2.67. The van der Waals surface area contributed by atoms with Gasteiger partial charge in [-0.25, -0.2) is 5.43 Å². The monoisotopic (exact) mass is 448 g/mol. The van der Waals surface area contributed by atoms with E-state index in [1.54, 1.807) is 48.5 Å². The second-order valence-corrected chi connectivity index (χ2v) is 7.17. The topological polar surface area (TPSA) is 122 Å². The van der Waals surface area contributed by atoms with Crippen LogP contribution in [0.1, 0.15) is 22.5 Å². The first-order valence-corrected chi connectivity index (χ1v) is 10.1. The highest BCUT2D eigenvalue weighted by Gasteiger charge is 2.13. The molecule has 3 aromatic rings. The number of carbonyl (C=O) groups excluding carboxylic acids is 3. The summed E-state index contributed by atoms with van der Waals surface area (Å²) < 4.78 is 10.6. The van der Waals surface area contributed by atoms with Gasteiger partial charge in [0, 0.05) is 5.69 Å². The third-order valence-corrected chi connectivity index (χ3v) is 4.64. The number of nitrogens with one attached hydrogen (secondary N) is 3. The van der Waals surface area contributed by atoms with Gasteiger partial charge in [0.15, 0.2) is 6.61 Å². The van der Waals surface area contributed by atoms with Gasteiger partial charge in [-0.1, -0.05) is 6.07 Å². The van der Waals surface area contributed by atoms with Crippen LogP contribution in [0.15, 0.2) is 70.4 Å². The number of hydrogen-bond donors (Lipinski definition) is 3. The van der Waals surface area contributed by atoms with E-state index in [2.05, 4.69) is 21.2 Å². The van der Waals surface area contributed by atoms with Crippen LogP contribution >= 0.6 is 0 Å². The molecule has 3 rings (SSSR count). The summed E-state index contributed by atoms with van der Waals surface area (Å²) in [6.07, 6.45) is 2.93. The molecule has 1 aromatic heterocycles. The van der Waals surface area contributed by atoms with E-state index < -0.39 is 11.8 Å². The Hall–Kier alpha value is -4.40. The Labute approximate surface area is 190 Å². The van der Waals surface area contributed by atoms with Crippen LogP contribution in [0.25, 0.3) is 0 Å². The van der Waals surface area contributed by atoms with E-state index in [9.17, 15) is 14.4 Å². The van der Waals surface area contributed by atoms with Crippen LogP contribution in [0.4, 0.5) is 5.69 Å². The summed E-state index contributed by atoms with van der Waals surface area (Å²) in [5.41, 5.74) is 5.48.